The number of aliphatic carboxylic acids is 1. The number of phenols is 1. The Labute approximate surface area is 150 Å². The van der Waals surface area contributed by atoms with E-state index in [1.54, 1.807) is 18.3 Å². The minimum absolute atomic E-state index is 0.105. The van der Waals surface area contributed by atoms with Gasteiger partial charge in [-0.1, -0.05) is 24.3 Å². The molecule has 26 heavy (non-hydrogen) atoms. The van der Waals surface area contributed by atoms with E-state index in [0.717, 1.165) is 16.6 Å². The first-order valence-corrected chi connectivity index (χ1v) is 8.41. The number of aromatic nitrogens is 1. The first kappa shape index (κ1) is 16.4. The number of carbonyl (C=O) groups is 1. The molecule has 132 valence electrons. The Morgan fingerprint density at radius 2 is 2.04 bits per heavy atom. The Morgan fingerprint density at radius 1 is 1.23 bits per heavy atom. The molecule has 0 aliphatic carbocycles. The number of nitrogens with zero attached hydrogens (tertiary/aromatic N) is 1. The molecule has 0 spiro atoms. The quantitative estimate of drug-likeness (QED) is 0.567. The lowest BCUT2D eigenvalue weighted by molar-refractivity contribution is -0.138. The second-order valence-electron chi connectivity index (χ2n) is 6.79. The van der Waals surface area contributed by atoms with Gasteiger partial charge < -0.3 is 20.9 Å². The number of carboxylic acid groups (broad SMARTS) is 1. The van der Waals surface area contributed by atoms with E-state index in [-0.39, 0.29) is 12.2 Å². The third kappa shape index (κ3) is 2.64. The number of benzene rings is 2. The molecule has 2 heterocycles. The molecular formula is C20H19N3O3. The van der Waals surface area contributed by atoms with E-state index >= 15 is 0 Å². The van der Waals surface area contributed by atoms with Gasteiger partial charge in [0, 0.05) is 34.8 Å². The highest BCUT2D eigenvalue weighted by molar-refractivity contribution is 5.89. The lowest BCUT2D eigenvalue weighted by Crippen LogP contribution is -2.41. The highest BCUT2D eigenvalue weighted by Crippen LogP contribution is 2.46. The Kier molecular flexibility index (Phi) is 3.77. The van der Waals surface area contributed by atoms with Gasteiger partial charge in [0.15, 0.2) is 0 Å². The monoisotopic (exact) mass is 349 g/mol. The van der Waals surface area contributed by atoms with Crippen molar-refractivity contribution in [2.75, 3.05) is 0 Å². The number of aromatic amines is 1. The van der Waals surface area contributed by atoms with Gasteiger partial charge in [-0.05, 0) is 36.1 Å². The number of hydrogen-bond acceptors (Lipinski definition) is 4. The number of carboxylic acids is 1. The van der Waals surface area contributed by atoms with E-state index in [9.17, 15) is 15.0 Å². The van der Waals surface area contributed by atoms with Crippen LogP contribution in [0, 0.1) is 0 Å². The zero-order chi connectivity index (χ0) is 18.3. The standard InChI is InChI=1S/C20H19N3O3/c21-14(19(25)26)10-20(11-22-16-6-3-7-17(24)18(16)20)9-13-8-12-4-1-2-5-15(12)23-13/h1-8,11,14,23-24H,9-10,21H2,(H,25,26)/t14-,20?/m0/s1. The number of H-pyrrole nitrogens is 1. The summed E-state index contributed by atoms with van der Waals surface area (Å²) in [6.07, 6.45) is 2.34. The normalized spacial score (nSPS) is 19.6. The van der Waals surface area contributed by atoms with Gasteiger partial charge in [0.2, 0.25) is 0 Å². The van der Waals surface area contributed by atoms with E-state index in [2.05, 4.69) is 9.98 Å². The molecular weight excluding hydrogens is 330 g/mol. The van der Waals surface area contributed by atoms with Crippen LogP contribution in [0.3, 0.4) is 0 Å². The molecule has 4 rings (SSSR count). The van der Waals surface area contributed by atoms with Crippen LogP contribution < -0.4 is 5.73 Å². The number of hydrogen-bond donors (Lipinski definition) is 4. The van der Waals surface area contributed by atoms with Crippen LogP contribution in [0.1, 0.15) is 17.7 Å². The lowest BCUT2D eigenvalue weighted by Gasteiger charge is -2.29. The maximum absolute atomic E-state index is 11.4. The van der Waals surface area contributed by atoms with Crippen molar-refractivity contribution in [2.45, 2.75) is 24.3 Å². The summed E-state index contributed by atoms with van der Waals surface area (Å²) in [6, 6.07) is 14.0. The minimum atomic E-state index is -1.07. The third-order valence-electron chi connectivity index (χ3n) is 4.96. The SMILES string of the molecule is N[C@@H](CC1(Cc2cc3ccccc3[nH]2)C=Nc2cccc(O)c21)C(=O)O. The summed E-state index contributed by atoms with van der Waals surface area (Å²) in [5, 5.41) is 20.8. The Bertz CT molecular complexity index is 991. The van der Waals surface area contributed by atoms with Gasteiger partial charge in [0.1, 0.15) is 11.8 Å². The zero-order valence-corrected chi connectivity index (χ0v) is 14.0. The van der Waals surface area contributed by atoms with Gasteiger partial charge in [-0.2, -0.15) is 0 Å². The van der Waals surface area contributed by atoms with Crippen LogP contribution in [0.2, 0.25) is 0 Å². The largest absolute Gasteiger partial charge is 0.508 e. The number of aromatic hydroxyl groups is 1. The van der Waals surface area contributed by atoms with Crippen LogP contribution in [0.5, 0.6) is 5.75 Å². The van der Waals surface area contributed by atoms with Crippen molar-refractivity contribution in [3.63, 3.8) is 0 Å². The molecule has 2 aromatic carbocycles. The number of nitrogens with one attached hydrogen (secondary N) is 1. The average Bonchev–Trinajstić information content (AvgIpc) is 3.17. The fourth-order valence-electron chi connectivity index (χ4n) is 3.81. The van der Waals surface area contributed by atoms with Crippen molar-refractivity contribution in [1.82, 2.24) is 4.98 Å². The maximum Gasteiger partial charge on any atom is 0.320 e. The van der Waals surface area contributed by atoms with Gasteiger partial charge in [-0.15, -0.1) is 0 Å². The third-order valence-corrected chi connectivity index (χ3v) is 4.96. The van der Waals surface area contributed by atoms with E-state index in [1.165, 1.54) is 0 Å². The van der Waals surface area contributed by atoms with Crippen molar-refractivity contribution < 1.29 is 15.0 Å². The summed E-state index contributed by atoms with van der Waals surface area (Å²) in [6.45, 7) is 0. The van der Waals surface area contributed by atoms with E-state index in [0.29, 0.717) is 17.7 Å². The summed E-state index contributed by atoms with van der Waals surface area (Å²) in [5.41, 5.74) is 8.32. The maximum atomic E-state index is 11.4. The van der Waals surface area contributed by atoms with Gasteiger partial charge >= 0.3 is 5.97 Å². The fraction of sp³-hybridized carbons (Fsp3) is 0.200. The van der Waals surface area contributed by atoms with E-state index < -0.39 is 17.4 Å². The predicted molar refractivity (Wildman–Crippen MR) is 100 cm³/mol. The van der Waals surface area contributed by atoms with Gasteiger partial charge in [0.25, 0.3) is 0 Å². The molecule has 0 radical (unpaired) electrons. The molecule has 1 aromatic heterocycles. The molecule has 5 N–H and O–H groups in total. The van der Waals surface area contributed by atoms with Crippen LogP contribution in [-0.2, 0) is 16.6 Å². The Balaban J connectivity index is 1.80. The van der Waals surface area contributed by atoms with Crippen molar-refractivity contribution in [1.29, 1.82) is 0 Å². The lowest BCUT2D eigenvalue weighted by atomic mass is 9.73. The first-order valence-electron chi connectivity index (χ1n) is 8.41. The molecule has 0 fully saturated rings. The molecule has 0 bridgehead atoms. The number of aliphatic imine (C=N–C) groups is 1. The summed E-state index contributed by atoms with van der Waals surface area (Å²) in [7, 11) is 0. The van der Waals surface area contributed by atoms with Crippen LogP contribution in [0.25, 0.3) is 10.9 Å². The molecule has 1 unspecified atom stereocenters. The van der Waals surface area contributed by atoms with Gasteiger partial charge in [0.05, 0.1) is 5.69 Å². The van der Waals surface area contributed by atoms with Crippen molar-refractivity contribution in [3.8, 4) is 5.75 Å². The molecule has 6 heteroatoms. The molecule has 3 aromatic rings. The summed E-state index contributed by atoms with van der Waals surface area (Å²) in [4.78, 5) is 19.2. The number of phenolic OH excluding ortho intramolecular Hbond substituents is 1. The van der Waals surface area contributed by atoms with Crippen LogP contribution in [0.4, 0.5) is 5.69 Å². The molecule has 2 atom stereocenters. The summed E-state index contributed by atoms with van der Waals surface area (Å²) < 4.78 is 0. The highest BCUT2D eigenvalue weighted by atomic mass is 16.4. The smallest absolute Gasteiger partial charge is 0.320 e. The van der Waals surface area contributed by atoms with E-state index in [1.807, 2.05) is 36.4 Å². The molecule has 0 amide bonds. The fourth-order valence-corrected chi connectivity index (χ4v) is 3.81. The Morgan fingerprint density at radius 3 is 2.81 bits per heavy atom. The second kappa shape index (κ2) is 6.00. The van der Waals surface area contributed by atoms with Crippen molar-refractivity contribution in [3.05, 3.63) is 59.8 Å². The minimum Gasteiger partial charge on any atom is -0.508 e. The zero-order valence-electron chi connectivity index (χ0n) is 14.0. The first-order chi connectivity index (χ1) is 12.5. The van der Waals surface area contributed by atoms with Crippen LogP contribution >= 0.6 is 0 Å². The van der Waals surface area contributed by atoms with Crippen LogP contribution in [-0.4, -0.2) is 33.4 Å². The molecule has 1 aliphatic rings. The summed E-state index contributed by atoms with van der Waals surface area (Å²) in [5.74, 6) is -0.966. The molecule has 0 saturated carbocycles. The van der Waals surface area contributed by atoms with Gasteiger partial charge in [-0.3, -0.25) is 9.79 Å². The molecule has 0 saturated heterocycles. The Hall–Kier alpha value is -3.12. The van der Waals surface area contributed by atoms with Gasteiger partial charge in [-0.25, -0.2) is 0 Å². The van der Waals surface area contributed by atoms with Crippen molar-refractivity contribution >= 4 is 28.8 Å². The van der Waals surface area contributed by atoms with Crippen LogP contribution in [0.15, 0.2) is 53.5 Å². The second-order valence-corrected chi connectivity index (χ2v) is 6.79. The van der Waals surface area contributed by atoms with E-state index in [4.69, 9.17) is 5.73 Å². The number of fused-ring (bicyclic) bond motifs is 2. The topological polar surface area (TPSA) is 112 Å². The highest BCUT2D eigenvalue weighted by Gasteiger charge is 2.42. The molecule has 1 aliphatic heterocycles. The predicted octanol–water partition coefficient (Wildman–Crippen LogP) is 2.87. The number of nitrogens with two attached hydrogens (primary N) is 1. The summed E-state index contributed by atoms with van der Waals surface area (Å²) >= 11 is 0. The average molecular weight is 349 g/mol. The molecule has 6 nitrogen and oxygen atoms in total. The number of rotatable bonds is 5. The van der Waals surface area contributed by atoms with Crippen molar-refractivity contribution in [2.24, 2.45) is 10.7 Å². The number of para-hydroxylation sites is 1.